The summed E-state index contributed by atoms with van der Waals surface area (Å²) >= 11 is 5.92. The van der Waals surface area contributed by atoms with Crippen LogP contribution >= 0.6 is 11.6 Å². The number of rotatable bonds is 9. The number of halogens is 1. The summed E-state index contributed by atoms with van der Waals surface area (Å²) in [6, 6.07) is 18.5. The minimum atomic E-state index is -3.86. The molecule has 0 aromatic heterocycles. The van der Waals surface area contributed by atoms with E-state index >= 15 is 0 Å². The first kappa shape index (κ1) is 27.3. The Morgan fingerprint density at radius 3 is 2.67 bits per heavy atom. The topological polar surface area (TPSA) is 123 Å². The number of ether oxygens (including phenoxy) is 3. The highest BCUT2D eigenvalue weighted by Crippen LogP contribution is 2.47. The number of benzene rings is 3. The Morgan fingerprint density at radius 1 is 1.13 bits per heavy atom. The quantitative estimate of drug-likeness (QED) is 0.356. The zero-order valence-corrected chi connectivity index (χ0v) is 22.7. The number of aliphatic hydroxyl groups is 1. The molecule has 5 rings (SSSR count). The van der Waals surface area contributed by atoms with Crippen LogP contribution in [-0.2, 0) is 26.1 Å². The Kier molecular flexibility index (Phi) is 7.99. The van der Waals surface area contributed by atoms with Crippen LogP contribution in [0.15, 0.2) is 71.6 Å². The molecule has 0 spiro atoms. The summed E-state index contributed by atoms with van der Waals surface area (Å²) in [6.07, 6.45) is -0.912. The highest BCUT2D eigenvalue weighted by atomic mass is 35.5. The van der Waals surface area contributed by atoms with Crippen LogP contribution in [0.4, 0.5) is 5.69 Å². The molecule has 2 heterocycles. The number of carbonyl (C=O) groups excluding carboxylic acids is 1. The van der Waals surface area contributed by atoms with Crippen molar-refractivity contribution in [1.29, 1.82) is 0 Å². The van der Waals surface area contributed by atoms with Crippen LogP contribution in [0.5, 0.6) is 11.5 Å². The van der Waals surface area contributed by atoms with Gasteiger partial charge in [-0.2, -0.15) is 0 Å². The predicted octanol–water partition coefficient (Wildman–Crippen LogP) is 3.85. The average molecular weight is 573 g/mol. The SMILES string of the molecule is COc1cccc(S(=O)(=O)Nc2ccc3c(c2)[C@@H]2C[C@@H](CC(=O)NCc4ccc(Cl)cc4)O[C@@H](CO)[C@@H]2O3)c1. The van der Waals surface area contributed by atoms with Crippen molar-refractivity contribution < 1.29 is 32.5 Å². The number of methoxy groups -OCH3 is 1. The molecule has 1 amide bonds. The monoisotopic (exact) mass is 572 g/mol. The van der Waals surface area contributed by atoms with E-state index < -0.39 is 28.3 Å². The van der Waals surface area contributed by atoms with Crippen LogP contribution in [0.3, 0.4) is 0 Å². The Labute approximate surface area is 232 Å². The summed E-state index contributed by atoms with van der Waals surface area (Å²) < 4.78 is 45.9. The fourth-order valence-electron chi connectivity index (χ4n) is 5.02. The number of hydrogen-bond donors (Lipinski definition) is 3. The van der Waals surface area contributed by atoms with Crippen molar-refractivity contribution in [3.05, 3.63) is 82.9 Å². The van der Waals surface area contributed by atoms with Gasteiger partial charge in [0, 0.05) is 34.8 Å². The van der Waals surface area contributed by atoms with E-state index in [9.17, 15) is 18.3 Å². The van der Waals surface area contributed by atoms with Gasteiger partial charge in [0.15, 0.2) is 0 Å². The lowest BCUT2D eigenvalue weighted by Gasteiger charge is -2.37. The molecule has 1 fully saturated rings. The van der Waals surface area contributed by atoms with E-state index in [-0.39, 0.29) is 29.7 Å². The number of anilines is 1. The molecule has 39 heavy (non-hydrogen) atoms. The standard InChI is InChI=1S/C28H29ClN2O7S/c1-36-20-3-2-4-22(12-20)39(34,35)31-19-9-10-25-23(11-19)24-13-21(37-26(16-32)28(24)38-25)14-27(33)30-15-17-5-7-18(29)8-6-17/h2-12,21,24,26,28,31-32H,13-16H2,1H3,(H,30,33)/t21-,24-,26-,28+/m0/s1. The molecule has 0 bridgehead atoms. The van der Waals surface area contributed by atoms with Gasteiger partial charge >= 0.3 is 0 Å². The number of aliphatic hydroxyl groups excluding tert-OH is 1. The Morgan fingerprint density at radius 2 is 1.92 bits per heavy atom. The smallest absolute Gasteiger partial charge is 0.262 e. The Hall–Kier alpha value is -3.31. The van der Waals surface area contributed by atoms with E-state index in [4.69, 9.17) is 25.8 Å². The van der Waals surface area contributed by atoms with Crippen LogP contribution in [0.2, 0.25) is 5.02 Å². The molecule has 0 radical (unpaired) electrons. The van der Waals surface area contributed by atoms with E-state index in [1.165, 1.54) is 19.2 Å². The molecule has 3 aromatic carbocycles. The zero-order valence-electron chi connectivity index (χ0n) is 21.2. The molecule has 3 N–H and O–H groups in total. The highest BCUT2D eigenvalue weighted by molar-refractivity contribution is 7.92. The van der Waals surface area contributed by atoms with Crippen LogP contribution in [0.1, 0.15) is 29.9 Å². The van der Waals surface area contributed by atoms with E-state index in [2.05, 4.69) is 10.0 Å². The number of carbonyl (C=O) groups is 1. The van der Waals surface area contributed by atoms with E-state index in [0.29, 0.717) is 35.2 Å². The molecule has 4 atom stereocenters. The molecule has 1 saturated heterocycles. The number of fused-ring (bicyclic) bond motifs is 3. The number of sulfonamides is 1. The van der Waals surface area contributed by atoms with Crippen molar-refractivity contribution in [1.82, 2.24) is 5.32 Å². The molecule has 0 aliphatic carbocycles. The third-order valence-electron chi connectivity index (χ3n) is 6.92. The number of nitrogens with one attached hydrogen (secondary N) is 2. The summed E-state index contributed by atoms with van der Waals surface area (Å²) in [6.45, 7) is 0.0916. The van der Waals surface area contributed by atoms with E-state index in [0.717, 1.165) is 11.1 Å². The summed E-state index contributed by atoms with van der Waals surface area (Å²) in [7, 11) is -2.39. The first-order valence-electron chi connectivity index (χ1n) is 12.5. The van der Waals surface area contributed by atoms with Gasteiger partial charge in [-0.15, -0.1) is 0 Å². The lowest BCUT2D eigenvalue weighted by molar-refractivity contribution is -0.142. The van der Waals surface area contributed by atoms with Gasteiger partial charge in [-0.25, -0.2) is 8.42 Å². The van der Waals surface area contributed by atoms with Gasteiger partial charge < -0.3 is 24.6 Å². The summed E-state index contributed by atoms with van der Waals surface area (Å²) in [5, 5.41) is 13.5. The second-order valence-corrected chi connectivity index (χ2v) is 11.7. The largest absolute Gasteiger partial charge is 0.497 e. The lowest BCUT2D eigenvalue weighted by Crippen LogP contribution is -2.47. The molecule has 0 unspecified atom stereocenters. The molecule has 11 heteroatoms. The summed E-state index contributed by atoms with van der Waals surface area (Å²) in [5.74, 6) is 0.679. The highest BCUT2D eigenvalue weighted by Gasteiger charge is 2.46. The number of hydrogen-bond acceptors (Lipinski definition) is 7. The molecule has 206 valence electrons. The van der Waals surface area contributed by atoms with Crippen molar-refractivity contribution >= 4 is 33.2 Å². The van der Waals surface area contributed by atoms with E-state index in [1.807, 2.05) is 12.1 Å². The minimum absolute atomic E-state index is 0.0764. The molecule has 2 aliphatic heterocycles. The predicted molar refractivity (Wildman–Crippen MR) is 146 cm³/mol. The first-order valence-corrected chi connectivity index (χ1v) is 14.4. The Balaban J connectivity index is 1.28. The first-order chi connectivity index (χ1) is 18.8. The molecular formula is C28H29ClN2O7S. The summed E-state index contributed by atoms with van der Waals surface area (Å²) in [4.78, 5) is 12.8. The number of amides is 1. The minimum Gasteiger partial charge on any atom is -0.497 e. The van der Waals surface area contributed by atoms with Crippen molar-refractivity contribution in [2.24, 2.45) is 0 Å². The fraction of sp³-hybridized carbons (Fsp3) is 0.321. The van der Waals surface area contributed by atoms with Crippen molar-refractivity contribution in [3.8, 4) is 11.5 Å². The summed E-state index contributed by atoms with van der Waals surface area (Å²) in [5.41, 5.74) is 2.11. The van der Waals surface area contributed by atoms with Gasteiger partial charge in [-0.1, -0.05) is 29.8 Å². The zero-order chi connectivity index (χ0) is 27.6. The maximum Gasteiger partial charge on any atom is 0.262 e. The van der Waals surface area contributed by atoms with E-state index in [1.54, 1.807) is 42.5 Å². The van der Waals surface area contributed by atoms with Gasteiger partial charge in [-0.3, -0.25) is 9.52 Å². The third kappa shape index (κ3) is 6.14. The molecule has 2 aliphatic rings. The lowest BCUT2D eigenvalue weighted by atomic mass is 9.84. The van der Waals surface area contributed by atoms with Gasteiger partial charge in [0.05, 0.1) is 31.1 Å². The maximum atomic E-state index is 13.0. The average Bonchev–Trinajstić information content (AvgIpc) is 3.30. The van der Waals surface area contributed by atoms with Crippen molar-refractivity contribution in [2.75, 3.05) is 18.4 Å². The molecular weight excluding hydrogens is 544 g/mol. The fourth-order valence-corrected chi connectivity index (χ4v) is 6.23. The second kappa shape index (κ2) is 11.4. The van der Waals surface area contributed by atoms with Crippen molar-refractivity contribution in [2.45, 2.75) is 48.5 Å². The molecule has 0 saturated carbocycles. The Bertz CT molecular complexity index is 1450. The van der Waals surface area contributed by atoms with Gasteiger partial charge in [-0.05, 0) is 54.4 Å². The van der Waals surface area contributed by atoms with Crippen molar-refractivity contribution in [3.63, 3.8) is 0 Å². The third-order valence-corrected chi connectivity index (χ3v) is 8.55. The molecule has 3 aromatic rings. The van der Waals surface area contributed by atoms with Crippen LogP contribution in [0, 0.1) is 0 Å². The maximum absolute atomic E-state index is 13.0. The van der Waals surface area contributed by atoms with Crippen LogP contribution < -0.4 is 19.5 Å². The normalized spacial score (nSPS) is 21.8. The van der Waals surface area contributed by atoms with Gasteiger partial charge in [0.2, 0.25) is 5.91 Å². The second-order valence-electron chi connectivity index (χ2n) is 9.55. The molecule has 9 nitrogen and oxygen atoms in total. The van der Waals surface area contributed by atoms with Gasteiger partial charge in [0.25, 0.3) is 10.0 Å². The van der Waals surface area contributed by atoms with Crippen LogP contribution in [-0.4, -0.2) is 51.5 Å². The van der Waals surface area contributed by atoms with Gasteiger partial charge in [0.1, 0.15) is 23.7 Å². The van der Waals surface area contributed by atoms with Crippen LogP contribution in [0.25, 0.3) is 0 Å².